The van der Waals surface area contributed by atoms with Gasteiger partial charge in [0.05, 0.1) is 13.1 Å². The molecule has 0 saturated heterocycles. The molecule has 0 amide bonds. The van der Waals surface area contributed by atoms with Gasteiger partial charge in [-0.2, -0.15) is 4.98 Å². The first-order valence-electron chi connectivity index (χ1n) is 9.90. The molecule has 3 aromatic heterocycles. The van der Waals surface area contributed by atoms with Gasteiger partial charge >= 0.3 is 5.69 Å². The molecular formula is C23H20FN5O2. The van der Waals surface area contributed by atoms with E-state index in [4.69, 9.17) is 0 Å². The van der Waals surface area contributed by atoms with E-state index in [1.165, 1.54) is 16.7 Å². The summed E-state index contributed by atoms with van der Waals surface area (Å²) in [6.07, 6.45) is 1.86. The fourth-order valence-corrected chi connectivity index (χ4v) is 3.93. The van der Waals surface area contributed by atoms with Crippen LogP contribution in [0.4, 0.5) is 4.39 Å². The molecule has 0 aliphatic carbocycles. The molecule has 0 N–H and O–H groups in total. The van der Waals surface area contributed by atoms with Crippen LogP contribution in [-0.4, -0.2) is 23.1 Å². The minimum atomic E-state index is -0.464. The number of nitrogens with zero attached hydrogens (tertiary/aromatic N) is 5. The summed E-state index contributed by atoms with van der Waals surface area (Å²) in [6.45, 7) is 2.62. The molecule has 0 aliphatic rings. The summed E-state index contributed by atoms with van der Waals surface area (Å²) in [5.41, 5.74) is 2.51. The maximum absolute atomic E-state index is 13.3. The molecule has 3 heterocycles. The summed E-state index contributed by atoms with van der Waals surface area (Å²) in [7, 11) is 1.60. The summed E-state index contributed by atoms with van der Waals surface area (Å²) in [4.78, 5) is 30.9. The van der Waals surface area contributed by atoms with E-state index >= 15 is 0 Å². The Bertz CT molecular complexity index is 1540. The third kappa shape index (κ3) is 3.07. The molecular weight excluding hydrogens is 397 g/mol. The van der Waals surface area contributed by atoms with Gasteiger partial charge in [0.25, 0.3) is 5.56 Å². The van der Waals surface area contributed by atoms with E-state index < -0.39 is 11.2 Å². The molecule has 8 heteroatoms. The Balaban J connectivity index is 1.71. The first-order valence-corrected chi connectivity index (χ1v) is 9.90. The zero-order chi connectivity index (χ0) is 21.7. The SMILES string of the molecule is Cc1cn2c3c(=O)n(Cc4ccc(F)cc4)c(=O)n(C)c3nc2n1Cc1ccccc1. The van der Waals surface area contributed by atoms with Crippen molar-refractivity contribution in [2.45, 2.75) is 20.0 Å². The molecule has 5 rings (SSSR count). The molecule has 0 atom stereocenters. The van der Waals surface area contributed by atoms with E-state index in [0.29, 0.717) is 29.0 Å². The minimum Gasteiger partial charge on any atom is -0.310 e. The highest BCUT2D eigenvalue weighted by atomic mass is 19.1. The summed E-state index contributed by atoms with van der Waals surface area (Å²) >= 11 is 0. The number of aromatic nitrogens is 5. The second-order valence-corrected chi connectivity index (χ2v) is 7.66. The van der Waals surface area contributed by atoms with Crippen molar-refractivity contribution in [2.24, 2.45) is 7.05 Å². The van der Waals surface area contributed by atoms with E-state index in [1.807, 2.05) is 48.0 Å². The van der Waals surface area contributed by atoms with Gasteiger partial charge in [-0.25, -0.2) is 9.18 Å². The summed E-state index contributed by atoms with van der Waals surface area (Å²) in [5, 5.41) is 0. The summed E-state index contributed by atoms with van der Waals surface area (Å²) in [6, 6.07) is 15.7. The van der Waals surface area contributed by atoms with Gasteiger partial charge in [-0.1, -0.05) is 42.5 Å². The number of imidazole rings is 2. The number of fused-ring (bicyclic) bond motifs is 3. The molecule has 0 saturated carbocycles. The average molecular weight is 417 g/mol. The quantitative estimate of drug-likeness (QED) is 0.452. The Morgan fingerprint density at radius 1 is 0.903 bits per heavy atom. The van der Waals surface area contributed by atoms with Crippen LogP contribution in [0.2, 0.25) is 0 Å². The van der Waals surface area contributed by atoms with Crippen molar-refractivity contribution in [1.29, 1.82) is 0 Å². The molecule has 2 aromatic carbocycles. The second kappa shape index (κ2) is 7.09. The molecule has 5 aromatic rings. The monoisotopic (exact) mass is 417 g/mol. The van der Waals surface area contributed by atoms with Crippen LogP contribution >= 0.6 is 0 Å². The predicted octanol–water partition coefficient (Wildman–Crippen LogP) is 2.69. The lowest BCUT2D eigenvalue weighted by molar-refractivity contribution is 0.623. The molecule has 0 aliphatic heterocycles. The van der Waals surface area contributed by atoms with Gasteiger partial charge in [0.2, 0.25) is 5.78 Å². The molecule has 156 valence electrons. The van der Waals surface area contributed by atoms with Gasteiger partial charge in [0.1, 0.15) is 5.82 Å². The molecule has 0 unspecified atom stereocenters. The highest BCUT2D eigenvalue weighted by molar-refractivity contribution is 5.75. The largest absolute Gasteiger partial charge is 0.332 e. The summed E-state index contributed by atoms with van der Waals surface area (Å²) in [5.74, 6) is 0.232. The van der Waals surface area contributed by atoms with Gasteiger partial charge in [0, 0.05) is 18.9 Å². The molecule has 0 fully saturated rings. The Morgan fingerprint density at radius 3 is 2.26 bits per heavy atom. The van der Waals surface area contributed by atoms with Crippen LogP contribution in [0.1, 0.15) is 16.8 Å². The van der Waals surface area contributed by atoms with E-state index in [1.54, 1.807) is 23.6 Å². The highest BCUT2D eigenvalue weighted by Gasteiger charge is 2.20. The van der Waals surface area contributed by atoms with Crippen molar-refractivity contribution in [2.75, 3.05) is 0 Å². The van der Waals surface area contributed by atoms with Crippen molar-refractivity contribution in [3.8, 4) is 0 Å². The molecule has 31 heavy (non-hydrogen) atoms. The Morgan fingerprint density at radius 2 is 1.55 bits per heavy atom. The van der Waals surface area contributed by atoms with Gasteiger partial charge < -0.3 is 4.57 Å². The predicted molar refractivity (Wildman–Crippen MR) is 116 cm³/mol. The Labute approximate surface area is 176 Å². The van der Waals surface area contributed by atoms with Crippen LogP contribution in [0.5, 0.6) is 0 Å². The van der Waals surface area contributed by atoms with Crippen molar-refractivity contribution >= 4 is 16.9 Å². The van der Waals surface area contributed by atoms with E-state index in [-0.39, 0.29) is 12.4 Å². The fourth-order valence-electron chi connectivity index (χ4n) is 3.93. The number of rotatable bonds is 4. The van der Waals surface area contributed by atoms with Crippen LogP contribution < -0.4 is 11.2 Å². The number of aryl methyl sites for hydroxylation is 2. The number of benzene rings is 2. The first-order chi connectivity index (χ1) is 14.9. The number of hydrogen-bond acceptors (Lipinski definition) is 3. The maximum Gasteiger partial charge on any atom is 0.332 e. The fraction of sp³-hybridized carbons (Fsp3) is 0.174. The summed E-state index contributed by atoms with van der Waals surface area (Å²) < 4.78 is 19.5. The lowest BCUT2D eigenvalue weighted by Crippen LogP contribution is -2.39. The zero-order valence-corrected chi connectivity index (χ0v) is 17.1. The second-order valence-electron chi connectivity index (χ2n) is 7.66. The van der Waals surface area contributed by atoms with Crippen LogP contribution in [0.3, 0.4) is 0 Å². The van der Waals surface area contributed by atoms with Crippen molar-refractivity contribution in [1.82, 2.24) is 23.1 Å². The van der Waals surface area contributed by atoms with E-state index in [9.17, 15) is 14.0 Å². The van der Waals surface area contributed by atoms with E-state index in [2.05, 4.69) is 4.98 Å². The molecule has 0 bridgehead atoms. The third-order valence-electron chi connectivity index (χ3n) is 5.58. The van der Waals surface area contributed by atoms with Gasteiger partial charge in [-0.3, -0.25) is 18.3 Å². The van der Waals surface area contributed by atoms with Crippen molar-refractivity contribution < 1.29 is 4.39 Å². The van der Waals surface area contributed by atoms with Crippen LogP contribution in [0.25, 0.3) is 16.9 Å². The zero-order valence-electron chi connectivity index (χ0n) is 17.1. The van der Waals surface area contributed by atoms with Gasteiger partial charge in [-0.15, -0.1) is 0 Å². The average Bonchev–Trinajstić information content (AvgIpc) is 3.28. The minimum absolute atomic E-state index is 0.0542. The number of hydrogen-bond donors (Lipinski definition) is 0. The molecule has 0 radical (unpaired) electrons. The highest BCUT2D eigenvalue weighted by Crippen LogP contribution is 2.18. The van der Waals surface area contributed by atoms with Crippen LogP contribution in [0.15, 0.2) is 70.4 Å². The topological polar surface area (TPSA) is 66.2 Å². The third-order valence-corrected chi connectivity index (χ3v) is 5.58. The van der Waals surface area contributed by atoms with Gasteiger partial charge in [0.15, 0.2) is 11.2 Å². The maximum atomic E-state index is 13.3. The lowest BCUT2D eigenvalue weighted by atomic mass is 10.2. The van der Waals surface area contributed by atoms with E-state index in [0.717, 1.165) is 15.8 Å². The van der Waals surface area contributed by atoms with Crippen molar-refractivity contribution in [3.63, 3.8) is 0 Å². The Hall–Kier alpha value is -3.94. The standard InChI is InChI=1S/C23H20FN5O2/c1-15-12-28-19-20(25-22(28)27(15)13-16-6-4-3-5-7-16)26(2)23(31)29(21(19)30)14-17-8-10-18(24)11-9-17/h3-12H,13-14H2,1-2H3. The Kier molecular flexibility index (Phi) is 4.35. The van der Waals surface area contributed by atoms with Crippen LogP contribution in [-0.2, 0) is 20.1 Å². The molecule has 0 spiro atoms. The van der Waals surface area contributed by atoms with Gasteiger partial charge in [-0.05, 0) is 30.2 Å². The molecule has 7 nitrogen and oxygen atoms in total. The lowest BCUT2D eigenvalue weighted by Gasteiger charge is -2.08. The normalized spacial score (nSPS) is 11.6. The van der Waals surface area contributed by atoms with Crippen LogP contribution in [0, 0.1) is 12.7 Å². The number of halogens is 1. The van der Waals surface area contributed by atoms with Crippen molar-refractivity contribution in [3.05, 3.63) is 104 Å². The first kappa shape index (κ1) is 19.0. The smallest absolute Gasteiger partial charge is 0.310 e.